The highest BCUT2D eigenvalue weighted by Gasteiger charge is 2.18. The Morgan fingerprint density at radius 1 is 1.16 bits per heavy atom. The van der Waals surface area contributed by atoms with Crippen LogP contribution >= 0.6 is 0 Å². The molecular weight excluding hydrogens is 322 g/mol. The van der Waals surface area contributed by atoms with Crippen molar-refractivity contribution in [2.24, 2.45) is 0 Å². The van der Waals surface area contributed by atoms with Crippen molar-refractivity contribution in [3.63, 3.8) is 0 Å². The van der Waals surface area contributed by atoms with Crippen LogP contribution in [-0.2, 0) is 14.3 Å². The third kappa shape index (κ3) is 7.83. The van der Waals surface area contributed by atoms with Crippen molar-refractivity contribution in [1.82, 2.24) is 5.32 Å². The zero-order valence-corrected chi connectivity index (χ0v) is 15.5. The molecule has 138 valence electrons. The number of carbonyl (C=O) groups excluding carboxylic acids is 3. The van der Waals surface area contributed by atoms with Crippen molar-refractivity contribution in [1.29, 1.82) is 0 Å². The average molecular weight is 349 g/mol. The van der Waals surface area contributed by atoms with Crippen LogP contribution in [0.3, 0.4) is 0 Å². The second kappa shape index (κ2) is 9.20. The molecule has 0 aromatic heterocycles. The van der Waals surface area contributed by atoms with Crippen molar-refractivity contribution >= 4 is 17.8 Å². The maximum absolute atomic E-state index is 11.9. The summed E-state index contributed by atoms with van der Waals surface area (Å²) >= 11 is 0. The molecular formula is C19H27NO5. The molecule has 0 aliphatic rings. The zero-order chi connectivity index (χ0) is 19.0. The maximum Gasteiger partial charge on any atom is 0.407 e. The first-order valence-corrected chi connectivity index (χ1v) is 8.36. The summed E-state index contributed by atoms with van der Waals surface area (Å²) in [6, 6.07) is 7.07. The number of hydrogen-bond donors (Lipinski definition) is 1. The molecule has 0 aliphatic heterocycles. The van der Waals surface area contributed by atoms with Gasteiger partial charge in [0.2, 0.25) is 0 Å². The van der Waals surface area contributed by atoms with Gasteiger partial charge in [-0.05, 0) is 41.0 Å². The lowest BCUT2D eigenvalue weighted by Crippen LogP contribution is -2.33. The second-order valence-corrected chi connectivity index (χ2v) is 6.81. The SMILES string of the molecule is CC(=O)c1ccccc1C(C)OC(=O)CCCNC(=O)OC(C)(C)C. The Morgan fingerprint density at radius 2 is 1.80 bits per heavy atom. The molecule has 6 nitrogen and oxygen atoms in total. The third-order valence-electron chi connectivity index (χ3n) is 3.31. The fourth-order valence-electron chi connectivity index (χ4n) is 2.23. The van der Waals surface area contributed by atoms with Crippen molar-refractivity contribution in [2.45, 2.75) is 59.2 Å². The Balaban J connectivity index is 2.40. The van der Waals surface area contributed by atoms with Gasteiger partial charge in [-0.15, -0.1) is 0 Å². The molecule has 0 saturated heterocycles. The molecule has 1 atom stereocenters. The summed E-state index contributed by atoms with van der Waals surface area (Å²) in [6.07, 6.45) is -0.405. The summed E-state index contributed by atoms with van der Waals surface area (Å²) in [6.45, 7) is 8.88. The maximum atomic E-state index is 11.9. The van der Waals surface area contributed by atoms with E-state index in [1.807, 2.05) is 0 Å². The van der Waals surface area contributed by atoms with Gasteiger partial charge in [0.05, 0.1) is 0 Å². The molecule has 0 bridgehead atoms. The lowest BCUT2D eigenvalue weighted by molar-refractivity contribution is -0.148. The number of esters is 1. The van der Waals surface area contributed by atoms with Crippen LogP contribution in [-0.4, -0.2) is 30.0 Å². The predicted octanol–water partition coefficient (Wildman–Crippen LogP) is 3.80. The van der Waals surface area contributed by atoms with E-state index in [-0.39, 0.29) is 18.2 Å². The molecule has 0 fully saturated rings. The average Bonchev–Trinajstić information content (AvgIpc) is 2.49. The highest BCUT2D eigenvalue weighted by atomic mass is 16.6. The number of ether oxygens (including phenoxy) is 2. The summed E-state index contributed by atoms with van der Waals surface area (Å²) in [4.78, 5) is 35.1. The molecule has 6 heteroatoms. The lowest BCUT2D eigenvalue weighted by atomic mass is 10.0. The standard InChI is InChI=1S/C19H27NO5/c1-13(21)15-9-6-7-10-16(15)14(2)24-17(22)11-8-12-20-18(23)25-19(3,4)5/h6-7,9-10,14H,8,11-12H2,1-5H3,(H,20,23). The molecule has 1 aromatic carbocycles. The number of nitrogens with one attached hydrogen (secondary N) is 1. The Hall–Kier alpha value is -2.37. The number of hydrogen-bond acceptors (Lipinski definition) is 5. The molecule has 0 heterocycles. The molecule has 0 aliphatic carbocycles. The minimum atomic E-state index is -0.553. The summed E-state index contributed by atoms with van der Waals surface area (Å²) in [5.74, 6) is -0.447. The van der Waals surface area contributed by atoms with E-state index in [9.17, 15) is 14.4 Å². The smallest absolute Gasteiger partial charge is 0.407 e. The van der Waals surface area contributed by atoms with Crippen LogP contribution in [0.4, 0.5) is 4.79 Å². The Morgan fingerprint density at radius 3 is 2.40 bits per heavy atom. The summed E-state index contributed by atoms with van der Waals surface area (Å²) in [5.41, 5.74) is 0.687. The monoisotopic (exact) mass is 349 g/mol. The van der Waals surface area contributed by atoms with Gasteiger partial charge in [-0.3, -0.25) is 9.59 Å². The van der Waals surface area contributed by atoms with E-state index >= 15 is 0 Å². The molecule has 0 radical (unpaired) electrons. The molecule has 1 N–H and O–H groups in total. The minimum Gasteiger partial charge on any atom is -0.458 e. The van der Waals surface area contributed by atoms with E-state index in [1.54, 1.807) is 52.0 Å². The van der Waals surface area contributed by atoms with E-state index in [0.29, 0.717) is 24.1 Å². The first-order valence-electron chi connectivity index (χ1n) is 8.36. The number of carbonyl (C=O) groups is 3. The van der Waals surface area contributed by atoms with Crippen LogP contribution in [0.25, 0.3) is 0 Å². The van der Waals surface area contributed by atoms with Crippen molar-refractivity contribution < 1.29 is 23.9 Å². The quantitative estimate of drug-likeness (QED) is 0.460. The molecule has 1 amide bonds. The summed E-state index contributed by atoms with van der Waals surface area (Å²) in [7, 11) is 0. The lowest BCUT2D eigenvalue weighted by Gasteiger charge is -2.19. The number of Topliss-reactive ketones (excluding diaryl/α,β-unsaturated/α-hetero) is 1. The topological polar surface area (TPSA) is 81.7 Å². The van der Waals surface area contributed by atoms with Crippen molar-refractivity contribution in [3.05, 3.63) is 35.4 Å². The molecule has 0 saturated carbocycles. The van der Waals surface area contributed by atoms with E-state index in [4.69, 9.17) is 9.47 Å². The normalized spacial score (nSPS) is 12.2. The number of rotatable bonds is 7. The van der Waals surface area contributed by atoms with E-state index in [2.05, 4.69) is 5.32 Å². The Labute approximate surface area is 148 Å². The van der Waals surface area contributed by atoms with E-state index in [1.165, 1.54) is 6.92 Å². The molecule has 1 aromatic rings. The van der Waals surface area contributed by atoms with Gasteiger partial charge in [0.15, 0.2) is 5.78 Å². The highest BCUT2D eigenvalue weighted by molar-refractivity contribution is 5.95. The number of benzene rings is 1. The van der Waals surface area contributed by atoms with E-state index < -0.39 is 17.8 Å². The van der Waals surface area contributed by atoms with Crippen LogP contribution in [0.5, 0.6) is 0 Å². The summed E-state index contributed by atoms with van der Waals surface area (Å²) < 4.78 is 10.5. The third-order valence-corrected chi connectivity index (χ3v) is 3.31. The van der Waals surface area contributed by atoms with Gasteiger partial charge in [0.1, 0.15) is 11.7 Å². The van der Waals surface area contributed by atoms with Crippen molar-refractivity contribution in [2.75, 3.05) is 6.54 Å². The molecule has 0 spiro atoms. The minimum absolute atomic E-state index is 0.0694. The number of ketones is 1. The largest absolute Gasteiger partial charge is 0.458 e. The molecule has 1 unspecified atom stereocenters. The predicted molar refractivity (Wildman–Crippen MR) is 94.4 cm³/mol. The molecule has 1 rings (SSSR count). The van der Waals surface area contributed by atoms with Gasteiger partial charge < -0.3 is 14.8 Å². The fourth-order valence-corrected chi connectivity index (χ4v) is 2.23. The Kier molecular flexibility index (Phi) is 7.61. The van der Waals surface area contributed by atoms with Gasteiger partial charge in [-0.25, -0.2) is 4.79 Å². The van der Waals surface area contributed by atoms with Crippen LogP contribution in [0.2, 0.25) is 0 Å². The Bertz CT molecular complexity index is 618. The van der Waals surface area contributed by atoms with Gasteiger partial charge >= 0.3 is 12.1 Å². The second-order valence-electron chi connectivity index (χ2n) is 6.81. The van der Waals surface area contributed by atoms with Crippen LogP contribution < -0.4 is 5.32 Å². The first-order chi connectivity index (χ1) is 11.6. The first kappa shape index (κ1) is 20.7. The van der Waals surface area contributed by atoms with Crippen LogP contribution in [0.15, 0.2) is 24.3 Å². The van der Waals surface area contributed by atoms with Gasteiger partial charge in [0, 0.05) is 24.1 Å². The van der Waals surface area contributed by atoms with Crippen LogP contribution in [0, 0.1) is 0 Å². The molecule has 25 heavy (non-hydrogen) atoms. The highest BCUT2D eigenvalue weighted by Crippen LogP contribution is 2.22. The number of amides is 1. The van der Waals surface area contributed by atoms with E-state index in [0.717, 1.165) is 0 Å². The van der Waals surface area contributed by atoms with Crippen LogP contribution in [0.1, 0.15) is 69.5 Å². The van der Waals surface area contributed by atoms with Gasteiger partial charge in [-0.1, -0.05) is 24.3 Å². The number of alkyl carbamates (subject to hydrolysis) is 1. The van der Waals surface area contributed by atoms with Crippen molar-refractivity contribution in [3.8, 4) is 0 Å². The summed E-state index contributed by atoms with van der Waals surface area (Å²) in [5, 5.41) is 2.59. The van der Waals surface area contributed by atoms with Gasteiger partial charge in [-0.2, -0.15) is 0 Å². The fraction of sp³-hybridized carbons (Fsp3) is 0.526. The van der Waals surface area contributed by atoms with Gasteiger partial charge in [0.25, 0.3) is 0 Å². The zero-order valence-electron chi connectivity index (χ0n) is 15.5.